The van der Waals surface area contributed by atoms with E-state index in [1.54, 1.807) is 0 Å². The predicted octanol–water partition coefficient (Wildman–Crippen LogP) is 7.32. The SMILES string of the molecule is CC1C=Cc2cc(N(c3ccccc3)c3ccc4c(c3)C=CCC4)ccc2C1. The van der Waals surface area contributed by atoms with E-state index in [1.807, 2.05) is 0 Å². The molecule has 0 saturated heterocycles. The van der Waals surface area contributed by atoms with E-state index in [0.29, 0.717) is 5.92 Å². The lowest BCUT2D eigenvalue weighted by Crippen LogP contribution is -2.12. The summed E-state index contributed by atoms with van der Waals surface area (Å²) < 4.78 is 0. The van der Waals surface area contributed by atoms with Gasteiger partial charge < -0.3 is 4.90 Å². The Balaban J connectivity index is 1.63. The summed E-state index contributed by atoms with van der Waals surface area (Å²) in [5, 5.41) is 0. The molecule has 5 rings (SSSR count). The molecule has 2 aliphatic rings. The average Bonchev–Trinajstić information content (AvgIpc) is 2.75. The summed E-state index contributed by atoms with van der Waals surface area (Å²) in [5.41, 5.74) is 9.19. The number of hydrogen-bond donors (Lipinski definition) is 0. The van der Waals surface area contributed by atoms with Crippen molar-refractivity contribution in [3.8, 4) is 0 Å². The number of fused-ring (bicyclic) bond motifs is 2. The molecular formula is C27H25N. The van der Waals surface area contributed by atoms with E-state index >= 15 is 0 Å². The summed E-state index contributed by atoms with van der Waals surface area (Å²) in [4.78, 5) is 2.37. The monoisotopic (exact) mass is 363 g/mol. The van der Waals surface area contributed by atoms with Crippen molar-refractivity contribution in [2.75, 3.05) is 4.90 Å². The molecule has 0 N–H and O–H groups in total. The van der Waals surface area contributed by atoms with Crippen molar-refractivity contribution in [1.29, 1.82) is 0 Å². The van der Waals surface area contributed by atoms with Crippen LogP contribution in [0.3, 0.4) is 0 Å². The maximum atomic E-state index is 2.37. The lowest BCUT2D eigenvalue weighted by molar-refractivity contribution is 0.717. The quantitative estimate of drug-likeness (QED) is 0.471. The van der Waals surface area contributed by atoms with Crippen LogP contribution >= 0.6 is 0 Å². The molecule has 0 spiro atoms. The Morgan fingerprint density at radius 2 is 1.46 bits per heavy atom. The Morgan fingerprint density at radius 3 is 2.25 bits per heavy atom. The van der Waals surface area contributed by atoms with Gasteiger partial charge in [-0.3, -0.25) is 0 Å². The van der Waals surface area contributed by atoms with Crippen molar-refractivity contribution in [3.63, 3.8) is 0 Å². The van der Waals surface area contributed by atoms with Gasteiger partial charge in [0, 0.05) is 17.1 Å². The van der Waals surface area contributed by atoms with Crippen LogP contribution in [0.1, 0.15) is 35.6 Å². The summed E-state index contributed by atoms with van der Waals surface area (Å²) in [6, 6.07) is 24.5. The minimum atomic E-state index is 0.621. The average molecular weight is 364 g/mol. The van der Waals surface area contributed by atoms with Gasteiger partial charge in [-0.15, -0.1) is 0 Å². The maximum absolute atomic E-state index is 2.37. The summed E-state index contributed by atoms with van der Waals surface area (Å²) in [6.07, 6.45) is 12.6. The third-order valence-corrected chi connectivity index (χ3v) is 5.81. The first-order chi connectivity index (χ1) is 13.8. The number of aryl methyl sites for hydroxylation is 1. The molecule has 0 fully saturated rings. The van der Waals surface area contributed by atoms with E-state index in [9.17, 15) is 0 Å². The van der Waals surface area contributed by atoms with Gasteiger partial charge in [0.2, 0.25) is 0 Å². The van der Waals surface area contributed by atoms with Crippen LogP contribution in [-0.2, 0) is 12.8 Å². The number of anilines is 3. The Morgan fingerprint density at radius 1 is 0.750 bits per heavy atom. The van der Waals surface area contributed by atoms with Crippen molar-refractivity contribution in [2.24, 2.45) is 5.92 Å². The fourth-order valence-corrected chi connectivity index (χ4v) is 4.32. The minimum Gasteiger partial charge on any atom is -0.310 e. The van der Waals surface area contributed by atoms with Crippen molar-refractivity contribution < 1.29 is 0 Å². The molecule has 2 aliphatic carbocycles. The highest BCUT2D eigenvalue weighted by atomic mass is 15.1. The van der Waals surface area contributed by atoms with E-state index in [0.717, 1.165) is 19.3 Å². The Labute approximate surface area is 167 Å². The van der Waals surface area contributed by atoms with E-state index in [-0.39, 0.29) is 0 Å². The molecule has 1 nitrogen and oxygen atoms in total. The zero-order chi connectivity index (χ0) is 18.9. The molecule has 3 aromatic rings. The normalized spacial score (nSPS) is 17.1. The molecule has 28 heavy (non-hydrogen) atoms. The molecule has 0 radical (unpaired) electrons. The van der Waals surface area contributed by atoms with E-state index in [4.69, 9.17) is 0 Å². The van der Waals surface area contributed by atoms with Crippen molar-refractivity contribution >= 4 is 29.2 Å². The van der Waals surface area contributed by atoms with Crippen LogP contribution in [-0.4, -0.2) is 0 Å². The number of benzene rings is 3. The van der Waals surface area contributed by atoms with Crippen LogP contribution < -0.4 is 4.90 Å². The molecule has 0 amide bonds. The molecule has 0 aromatic heterocycles. The molecule has 1 heteroatoms. The first-order valence-electron chi connectivity index (χ1n) is 10.2. The molecule has 0 heterocycles. The van der Waals surface area contributed by atoms with Gasteiger partial charge >= 0.3 is 0 Å². The van der Waals surface area contributed by atoms with E-state index in [1.165, 1.54) is 39.3 Å². The second kappa shape index (κ2) is 7.16. The van der Waals surface area contributed by atoms with Crippen LogP contribution in [0.15, 0.2) is 78.9 Å². The second-order valence-corrected chi connectivity index (χ2v) is 7.92. The topological polar surface area (TPSA) is 3.24 Å². The predicted molar refractivity (Wildman–Crippen MR) is 120 cm³/mol. The maximum Gasteiger partial charge on any atom is 0.0467 e. The van der Waals surface area contributed by atoms with E-state index in [2.05, 4.69) is 103 Å². The highest BCUT2D eigenvalue weighted by Crippen LogP contribution is 2.38. The molecule has 0 aliphatic heterocycles. The summed E-state index contributed by atoms with van der Waals surface area (Å²) in [5.74, 6) is 0.621. The number of hydrogen-bond acceptors (Lipinski definition) is 1. The Hall–Kier alpha value is -3.06. The zero-order valence-corrected chi connectivity index (χ0v) is 16.3. The number of nitrogens with zero attached hydrogens (tertiary/aromatic N) is 1. The first kappa shape index (κ1) is 17.1. The van der Waals surface area contributed by atoms with Gasteiger partial charge in [-0.2, -0.15) is 0 Å². The van der Waals surface area contributed by atoms with Crippen molar-refractivity contribution in [3.05, 3.63) is 101 Å². The number of para-hydroxylation sites is 1. The Bertz CT molecular complexity index is 1060. The van der Waals surface area contributed by atoms with Crippen LogP contribution in [0.2, 0.25) is 0 Å². The Kier molecular flexibility index (Phi) is 4.37. The first-order valence-corrected chi connectivity index (χ1v) is 10.2. The minimum absolute atomic E-state index is 0.621. The summed E-state index contributed by atoms with van der Waals surface area (Å²) in [7, 11) is 0. The standard InChI is InChI=1S/C27H25N/c1-20-11-12-24-19-27(16-14-23(24)17-20)28(25-9-3-2-4-10-25)26-15-13-21-7-5-6-8-22(21)18-26/h2-4,6,8-16,18-20H,5,7,17H2,1H3. The molecule has 0 bridgehead atoms. The third kappa shape index (κ3) is 3.18. The fourth-order valence-electron chi connectivity index (χ4n) is 4.32. The van der Waals surface area contributed by atoms with Gasteiger partial charge in [0.05, 0.1) is 0 Å². The third-order valence-electron chi connectivity index (χ3n) is 5.81. The summed E-state index contributed by atoms with van der Waals surface area (Å²) >= 11 is 0. The number of allylic oxidation sites excluding steroid dienone is 2. The lowest BCUT2D eigenvalue weighted by atomic mass is 9.90. The molecule has 0 saturated carbocycles. The fraction of sp³-hybridized carbons (Fsp3) is 0.185. The largest absolute Gasteiger partial charge is 0.310 e. The number of rotatable bonds is 3. The van der Waals surface area contributed by atoms with Crippen molar-refractivity contribution in [1.82, 2.24) is 0 Å². The molecule has 1 atom stereocenters. The van der Waals surface area contributed by atoms with Crippen LogP contribution in [0.5, 0.6) is 0 Å². The van der Waals surface area contributed by atoms with Gasteiger partial charge in [-0.1, -0.05) is 61.6 Å². The van der Waals surface area contributed by atoms with Gasteiger partial charge in [-0.25, -0.2) is 0 Å². The van der Waals surface area contributed by atoms with Gasteiger partial charge in [0.1, 0.15) is 0 Å². The lowest BCUT2D eigenvalue weighted by Gasteiger charge is -2.28. The second-order valence-electron chi connectivity index (χ2n) is 7.92. The molecule has 1 unspecified atom stereocenters. The highest BCUT2D eigenvalue weighted by molar-refractivity contribution is 5.80. The van der Waals surface area contributed by atoms with Crippen LogP contribution in [0.25, 0.3) is 12.2 Å². The zero-order valence-electron chi connectivity index (χ0n) is 16.3. The van der Waals surface area contributed by atoms with Gasteiger partial charge in [0.25, 0.3) is 0 Å². The highest BCUT2D eigenvalue weighted by Gasteiger charge is 2.17. The molecule has 3 aromatic carbocycles. The van der Waals surface area contributed by atoms with Gasteiger partial charge in [0.15, 0.2) is 0 Å². The van der Waals surface area contributed by atoms with Gasteiger partial charge in [-0.05, 0) is 83.8 Å². The van der Waals surface area contributed by atoms with Crippen LogP contribution in [0, 0.1) is 5.92 Å². The summed E-state index contributed by atoms with van der Waals surface area (Å²) in [6.45, 7) is 2.28. The molecule has 138 valence electrons. The molecular weight excluding hydrogens is 338 g/mol. The van der Waals surface area contributed by atoms with E-state index < -0.39 is 0 Å². The van der Waals surface area contributed by atoms with Crippen LogP contribution in [0.4, 0.5) is 17.1 Å². The van der Waals surface area contributed by atoms with Crippen molar-refractivity contribution in [2.45, 2.75) is 26.2 Å². The smallest absolute Gasteiger partial charge is 0.0467 e.